The van der Waals surface area contributed by atoms with Gasteiger partial charge < -0.3 is 10.5 Å². The summed E-state index contributed by atoms with van der Waals surface area (Å²) < 4.78 is 5.30. The molecule has 0 saturated heterocycles. The molecule has 0 bridgehead atoms. The molecule has 0 saturated carbocycles. The molecule has 1 amide bonds. The van der Waals surface area contributed by atoms with E-state index in [1.807, 2.05) is 26.8 Å². The molecule has 0 aliphatic rings. The van der Waals surface area contributed by atoms with Crippen LogP contribution in [0.4, 0.5) is 0 Å². The van der Waals surface area contributed by atoms with Gasteiger partial charge in [0.05, 0.1) is 7.11 Å². The number of hydrazine groups is 1. The Kier molecular flexibility index (Phi) is 4.69. The van der Waals surface area contributed by atoms with Crippen LogP contribution in [0.3, 0.4) is 0 Å². The molecule has 0 radical (unpaired) electrons. The third kappa shape index (κ3) is 2.80. The van der Waals surface area contributed by atoms with Gasteiger partial charge in [0.2, 0.25) is 5.91 Å². The lowest BCUT2D eigenvalue weighted by molar-refractivity contribution is -0.121. The maximum absolute atomic E-state index is 11.3. The van der Waals surface area contributed by atoms with Gasteiger partial charge in [0.1, 0.15) is 5.75 Å². The number of nitrogens with one attached hydrogen (secondary N) is 1. The molecular formula is C13H21N3O2. The Hall–Kier alpha value is -1.59. The first-order valence-corrected chi connectivity index (χ1v) is 5.82. The Labute approximate surface area is 107 Å². The molecule has 1 unspecified atom stereocenters. The summed E-state index contributed by atoms with van der Waals surface area (Å²) in [6.07, 6.45) is 0.171. The lowest BCUT2D eigenvalue weighted by atomic mass is 9.91. The van der Waals surface area contributed by atoms with Crippen molar-refractivity contribution in [1.29, 1.82) is 0 Å². The van der Waals surface area contributed by atoms with Crippen molar-refractivity contribution in [2.75, 3.05) is 7.11 Å². The monoisotopic (exact) mass is 251 g/mol. The van der Waals surface area contributed by atoms with E-state index in [1.165, 1.54) is 0 Å². The van der Waals surface area contributed by atoms with Gasteiger partial charge in [0, 0.05) is 12.5 Å². The smallest absolute Gasteiger partial charge is 0.235 e. The minimum Gasteiger partial charge on any atom is -0.496 e. The van der Waals surface area contributed by atoms with Crippen LogP contribution in [0.25, 0.3) is 0 Å². The summed E-state index contributed by atoms with van der Waals surface area (Å²) in [6, 6.07) is 1.58. The molecule has 5 N–H and O–H groups in total. The van der Waals surface area contributed by atoms with Crippen LogP contribution in [0.2, 0.25) is 0 Å². The third-order valence-corrected chi connectivity index (χ3v) is 3.27. The maximum Gasteiger partial charge on any atom is 0.235 e. The number of aryl methyl sites for hydroxylation is 1. The first kappa shape index (κ1) is 14.5. The van der Waals surface area contributed by atoms with E-state index in [4.69, 9.17) is 16.3 Å². The molecule has 1 aromatic rings. The summed E-state index contributed by atoms with van der Waals surface area (Å²) in [5.41, 5.74) is 12.3. The number of rotatable bonds is 4. The van der Waals surface area contributed by atoms with Crippen LogP contribution >= 0.6 is 0 Å². The van der Waals surface area contributed by atoms with E-state index >= 15 is 0 Å². The molecule has 1 rings (SSSR count). The van der Waals surface area contributed by atoms with Crippen molar-refractivity contribution in [1.82, 2.24) is 5.43 Å². The zero-order valence-electron chi connectivity index (χ0n) is 11.3. The fraction of sp³-hybridized carbons (Fsp3) is 0.462. The predicted octanol–water partition coefficient (Wildman–Crippen LogP) is 1.00. The quantitative estimate of drug-likeness (QED) is 0.423. The maximum atomic E-state index is 11.3. The average Bonchev–Trinajstić information content (AvgIpc) is 2.33. The topological polar surface area (TPSA) is 90.4 Å². The number of hydrogen-bond donors (Lipinski definition) is 3. The van der Waals surface area contributed by atoms with Gasteiger partial charge in [-0.05, 0) is 49.1 Å². The SMILES string of the molecule is COc1cc(C)c(C(N)CC(=O)NN)c(C)c1C. The molecule has 0 fully saturated rings. The van der Waals surface area contributed by atoms with E-state index in [9.17, 15) is 4.79 Å². The van der Waals surface area contributed by atoms with Crippen LogP contribution in [0, 0.1) is 20.8 Å². The fourth-order valence-electron chi connectivity index (χ4n) is 2.21. The molecule has 18 heavy (non-hydrogen) atoms. The van der Waals surface area contributed by atoms with Gasteiger partial charge in [-0.3, -0.25) is 10.2 Å². The van der Waals surface area contributed by atoms with E-state index in [0.29, 0.717) is 0 Å². The standard InChI is InChI=1S/C13H21N3O2/c1-7-5-11(18-4)8(2)9(3)13(7)10(14)6-12(17)16-15/h5,10H,6,14-15H2,1-4H3,(H,16,17). The molecular weight excluding hydrogens is 230 g/mol. The van der Waals surface area contributed by atoms with Gasteiger partial charge in [0.25, 0.3) is 0 Å². The zero-order valence-corrected chi connectivity index (χ0v) is 11.3. The first-order valence-electron chi connectivity index (χ1n) is 5.82. The van der Waals surface area contributed by atoms with Gasteiger partial charge in [-0.25, -0.2) is 5.84 Å². The second-order valence-corrected chi connectivity index (χ2v) is 4.44. The molecule has 1 atom stereocenters. The summed E-state index contributed by atoms with van der Waals surface area (Å²) >= 11 is 0. The van der Waals surface area contributed by atoms with Crippen LogP contribution in [0.5, 0.6) is 5.75 Å². The highest BCUT2D eigenvalue weighted by Crippen LogP contribution is 2.31. The lowest BCUT2D eigenvalue weighted by Crippen LogP contribution is -2.33. The van der Waals surface area contributed by atoms with Crippen molar-refractivity contribution in [2.24, 2.45) is 11.6 Å². The Morgan fingerprint density at radius 3 is 2.50 bits per heavy atom. The third-order valence-electron chi connectivity index (χ3n) is 3.27. The summed E-state index contributed by atoms with van der Waals surface area (Å²) in [5.74, 6) is 5.64. The molecule has 1 aromatic carbocycles. The Morgan fingerprint density at radius 1 is 1.39 bits per heavy atom. The number of carbonyl (C=O) groups is 1. The molecule has 5 nitrogen and oxygen atoms in total. The predicted molar refractivity (Wildman–Crippen MR) is 71.1 cm³/mol. The van der Waals surface area contributed by atoms with Gasteiger partial charge >= 0.3 is 0 Å². The van der Waals surface area contributed by atoms with Crippen molar-refractivity contribution < 1.29 is 9.53 Å². The van der Waals surface area contributed by atoms with Crippen molar-refractivity contribution in [3.8, 4) is 5.75 Å². The van der Waals surface area contributed by atoms with E-state index in [0.717, 1.165) is 28.0 Å². The van der Waals surface area contributed by atoms with Crippen LogP contribution in [-0.2, 0) is 4.79 Å². The number of carbonyl (C=O) groups excluding carboxylic acids is 1. The molecule has 5 heteroatoms. The summed E-state index contributed by atoms with van der Waals surface area (Å²) in [5, 5.41) is 0. The molecule has 0 aromatic heterocycles. The van der Waals surface area contributed by atoms with Gasteiger partial charge in [-0.1, -0.05) is 0 Å². The lowest BCUT2D eigenvalue weighted by Gasteiger charge is -2.20. The van der Waals surface area contributed by atoms with Gasteiger partial charge in [-0.15, -0.1) is 0 Å². The summed E-state index contributed by atoms with van der Waals surface area (Å²) in [4.78, 5) is 11.3. The molecule has 0 spiro atoms. The number of nitrogens with two attached hydrogens (primary N) is 2. The molecule has 100 valence electrons. The van der Waals surface area contributed by atoms with Crippen LogP contribution in [-0.4, -0.2) is 13.0 Å². The highest BCUT2D eigenvalue weighted by molar-refractivity contribution is 5.76. The molecule has 0 heterocycles. The second kappa shape index (κ2) is 5.84. The highest BCUT2D eigenvalue weighted by Gasteiger charge is 2.18. The summed E-state index contributed by atoms with van der Waals surface area (Å²) in [6.45, 7) is 5.93. The van der Waals surface area contributed by atoms with Gasteiger partial charge in [0.15, 0.2) is 0 Å². The van der Waals surface area contributed by atoms with Crippen LogP contribution in [0.1, 0.15) is 34.7 Å². The minimum atomic E-state index is -0.363. The number of benzene rings is 1. The number of ether oxygens (including phenoxy) is 1. The van der Waals surface area contributed by atoms with Crippen LogP contribution in [0.15, 0.2) is 6.07 Å². The van der Waals surface area contributed by atoms with Crippen molar-refractivity contribution >= 4 is 5.91 Å². The Bertz CT molecular complexity index is 458. The fourth-order valence-corrected chi connectivity index (χ4v) is 2.21. The largest absolute Gasteiger partial charge is 0.496 e. The van der Waals surface area contributed by atoms with Crippen LogP contribution < -0.4 is 21.7 Å². The second-order valence-electron chi connectivity index (χ2n) is 4.44. The van der Waals surface area contributed by atoms with Gasteiger partial charge in [-0.2, -0.15) is 0 Å². The molecule has 0 aliphatic heterocycles. The Balaban J connectivity index is 3.17. The van der Waals surface area contributed by atoms with Crippen molar-refractivity contribution in [3.05, 3.63) is 28.3 Å². The van der Waals surface area contributed by atoms with E-state index in [2.05, 4.69) is 5.43 Å². The number of methoxy groups -OCH3 is 1. The van der Waals surface area contributed by atoms with E-state index < -0.39 is 0 Å². The molecule has 0 aliphatic carbocycles. The number of hydrogen-bond acceptors (Lipinski definition) is 4. The average molecular weight is 251 g/mol. The number of amides is 1. The normalized spacial score (nSPS) is 12.1. The minimum absolute atomic E-state index is 0.171. The Morgan fingerprint density at radius 2 is 2.00 bits per heavy atom. The highest BCUT2D eigenvalue weighted by atomic mass is 16.5. The van der Waals surface area contributed by atoms with E-state index in [-0.39, 0.29) is 18.4 Å². The van der Waals surface area contributed by atoms with Crippen molar-refractivity contribution in [3.63, 3.8) is 0 Å². The van der Waals surface area contributed by atoms with Crippen molar-refractivity contribution in [2.45, 2.75) is 33.2 Å². The zero-order chi connectivity index (χ0) is 13.9. The first-order chi connectivity index (χ1) is 8.42. The van der Waals surface area contributed by atoms with E-state index in [1.54, 1.807) is 7.11 Å². The summed E-state index contributed by atoms with van der Waals surface area (Å²) in [7, 11) is 1.64.